The molecule has 0 bridgehead atoms. The first-order valence-corrected chi connectivity index (χ1v) is 4.00. The smallest absolute Gasteiger partial charge is 0.249 e. The Morgan fingerprint density at radius 3 is 2.60 bits per heavy atom. The van der Waals surface area contributed by atoms with Gasteiger partial charge in [0.2, 0.25) is 5.91 Å². The standard InChI is InChI=1S/C8H10FN3O3/c9-4-1-3(2-12-7(4)10)5(13)6(14)8(11)15/h1-2,5-6,13-14H,(H2,10,12)(H2,11,15). The van der Waals surface area contributed by atoms with Gasteiger partial charge in [0, 0.05) is 11.8 Å². The van der Waals surface area contributed by atoms with E-state index in [9.17, 15) is 14.3 Å². The first kappa shape index (κ1) is 11.3. The molecule has 0 saturated carbocycles. The van der Waals surface area contributed by atoms with Crippen molar-refractivity contribution in [2.75, 3.05) is 5.73 Å². The fourth-order valence-electron chi connectivity index (χ4n) is 0.963. The van der Waals surface area contributed by atoms with Gasteiger partial charge in [-0.2, -0.15) is 0 Å². The average molecular weight is 215 g/mol. The van der Waals surface area contributed by atoms with E-state index in [1.165, 1.54) is 0 Å². The van der Waals surface area contributed by atoms with E-state index in [0.29, 0.717) is 0 Å². The molecular weight excluding hydrogens is 205 g/mol. The number of nitrogens with zero attached hydrogens (tertiary/aromatic N) is 1. The maximum atomic E-state index is 12.9. The Hall–Kier alpha value is -1.73. The maximum Gasteiger partial charge on any atom is 0.249 e. The maximum absolute atomic E-state index is 12.9. The number of amides is 1. The number of hydrogen-bond donors (Lipinski definition) is 4. The van der Waals surface area contributed by atoms with Crippen molar-refractivity contribution in [1.29, 1.82) is 0 Å². The highest BCUT2D eigenvalue weighted by Gasteiger charge is 2.24. The van der Waals surface area contributed by atoms with Crippen LogP contribution in [0.5, 0.6) is 0 Å². The topological polar surface area (TPSA) is 122 Å². The molecule has 2 unspecified atom stereocenters. The molecule has 6 N–H and O–H groups in total. The zero-order valence-electron chi connectivity index (χ0n) is 7.59. The van der Waals surface area contributed by atoms with E-state index in [2.05, 4.69) is 4.98 Å². The lowest BCUT2D eigenvalue weighted by molar-refractivity contribution is -0.132. The molecule has 0 radical (unpaired) electrons. The Kier molecular flexibility index (Phi) is 3.17. The minimum atomic E-state index is -1.81. The number of aromatic nitrogens is 1. The molecule has 1 aromatic heterocycles. The third-order valence-electron chi connectivity index (χ3n) is 1.82. The molecule has 7 heteroatoms. The fraction of sp³-hybridized carbons (Fsp3) is 0.250. The van der Waals surface area contributed by atoms with E-state index in [1.807, 2.05) is 0 Å². The van der Waals surface area contributed by atoms with E-state index in [-0.39, 0.29) is 11.4 Å². The number of nitrogen functional groups attached to an aromatic ring is 1. The second-order valence-electron chi connectivity index (χ2n) is 2.93. The van der Waals surface area contributed by atoms with Crippen LogP contribution in [0.25, 0.3) is 0 Å². The van der Waals surface area contributed by atoms with E-state index in [1.54, 1.807) is 0 Å². The van der Waals surface area contributed by atoms with Crippen LogP contribution in [0.2, 0.25) is 0 Å². The van der Waals surface area contributed by atoms with Gasteiger partial charge >= 0.3 is 0 Å². The first-order valence-electron chi connectivity index (χ1n) is 4.00. The second kappa shape index (κ2) is 4.20. The summed E-state index contributed by atoms with van der Waals surface area (Å²) in [5, 5.41) is 18.5. The lowest BCUT2D eigenvalue weighted by Gasteiger charge is -2.14. The second-order valence-corrected chi connectivity index (χ2v) is 2.93. The average Bonchev–Trinajstić information content (AvgIpc) is 2.19. The Morgan fingerprint density at radius 2 is 2.13 bits per heavy atom. The van der Waals surface area contributed by atoms with E-state index >= 15 is 0 Å². The van der Waals surface area contributed by atoms with Gasteiger partial charge in [0.05, 0.1) is 0 Å². The van der Waals surface area contributed by atoms with Gasteiger partial charge in [0.1, 0.15) is 6.10 Å². The number of anilines is 1. The number of halogens is 1. The highest BCUT2D eigenvalue weighted by Crippen LogP contribution is 2.18. The molecule has 82 valence electrons. The van der Waals surface area contributed by atoms with Gasteiger partial charge in [-0.05, 0) is 6.07 Å². The van der Waals surface area contributed by atoms with Crippen molar-refractivity contribution in [1.82, 2.24) is 4.98 Å². The molecule has 0 aliphatic rings. The fourth-order valence-corrected chi connectivity index (χ4v) is 0.963. The number of pyridine rings is 1. The molecule has 15 heavy (non-hydrogen) atoms. The lowest BCUT2D eigenvalue weighted by Crippen LogP contribution is -2.34. The van der Waals surface area contributed by atoms with Crippen LogP contribution in [0, 0.1) is 5.82 Å². The summed E-state index contributed by atoms with van der Waals surface area (Å²) >= 11 is 0. The Balaban J connectivity index is 2.96. The normalized spacial score (nSPS) is 14.6. The Bertz CT molecular complexity index is 385. The van der Waals surface area contributed by atoms with Gasteiger partial charge in [-0.1, -0.05) is 0 Å². The predicted molar refractivity (Wildman–Crippen MR) is 48.8 cm³/mol. The molecule has 0 aliphatic heterocycles. The molecule has 1 amide bonds. The van der Waals surface area contributed by atoms with Gasteiger partial charge in [0.25, 0.3) is 0 Å². The van der Waals surface area contributed by atoms with Gasteiger partial charge in [-0.15, -0.1) is 0 Å². The number of carbonyl (C=O) groups is 1. The van der Waals surface area contributed by atoms with Crippen molar-refractivity contribution >= 4 is 11.7 Å². The van der Waals surface area contributed by atoms with Crippen LogP contribution >= 0.6 is 0 Å². The minimum absolute atomic E-state index is 0.0759. The van der Waals surface area contributed by atoms with E-state index in [0.717, 1.165) is 12.3 Å². The van der Waals surface area contributed by atoms with Crippen molar-refractivity contribution in [3.63, 3.8) is 0 Å². The van der Waals surface area contributed by atoms with Gasteiger partial charge < -0.3 is 21.7 Å². The summed E-state index contributed by atoms with van der Waals surface area (Å²) in [4.78, 5) is 14.0. The molecule has 0 spiro atoms. The highest BCUT2D eigenvalue weighted by molar-refractivity contribution is 5.79. The number of aliphatic hydroxyl groups excluding tert-OH is 2. The monoisotopic (exact) mass is 215 g/mol. The van der Waals surface area contributed by atoms with Crippen molar-refractivity contribution in [2.24, 2.45) is 5.73 Å². The molecule has 6 nitrogen and oxygen atoms in total. The van der Waals surface area contributed by atoms with E-state index in [4.69, 9.17) is 16.6 Å². The molecule has 2 atom stereocenters. The van der Waals surface area contributed by atoms with Crippen LogP contribution in [0.4, 0.5) is 10.2 Å². The largest absolute Gasteiger partial charge is 0.385 e. The predicted octanol–water partition coefficient (Wildman–Crippen LogP) is -1.32. The first-order chi connectivity index (χ1) is 6.93. The zero-order valence-corrected chi connectivity index (χ0v) is 7.59. The SMILES string of the molecule is NC(=O)C(O)C(O)c1cnc(N)c(F)c1. The van der Waals surface area contributed by atoms with Crippen molar-refractivity contribution < 1.29 is 19.4 Å². The van der Waals surface area contributed by atoms with Gasteiger partial charge in [-0.3, -0.25) is 4.79 Å². The number of nitrogens with two attached hydrogens (primary N) is 2. The summed E-state index contributed by atoms with van der Waals surface area (Å²) in [6.07, 6.45) is -2.38. The molecular formula is C8H10FN3O3. The molecule has 0 saturated heterocycles. The third-order valence-corrected chi connectivity index (χ3v) is 1.82. The number of carbonyl (C=O) groups excluding carboxylic acids is 1. The summed E-state index contributed by atoms with van der Waals surface area (Å²) < 4.78 is 12.9. The summed E-state index contributed by atoms with van der Waals surface area (Å²) in [5.41, 5.74) is 9.78. The van der Waals surface area contributed by atoms with Crippen LogP contribution in [-0.4, -0.2) is 27.2 Å². The molecule has 0 aromatic carbocycles. The molecule has 1 aromatic rings. The summed E-state index contributed by atoms with van der Waals surface area (Å²) in [6, 6.07) is 0.874. The Morgan fingerprint density at radius 1 is 1.53 bits per heavy atom. The summed E-state index contributed by atoms with van der Waals surface area (Å²) in [5.74, 6) is -2.29. The quantitative estimate of drug-likeness (QED) is 0.498. The summed E-state index contributed by atoms with van der Waals surface area (Å²) in [7, 11) is 0. The van der Waals surface area contributed by atoms with Crippen LogP contribution in [0.3, 0.4) is 0 Å². The van der Waals surface area contributed by atoms with E-state index < -0.39 is 23.9 Å². The lowest BCUT2D eigenvalue weighted by atomic mass is 10.1. The number of rotatable bonds is 3. The van der Waals surface area contributed by atoms with Gasteiger partial charge in [-0.25, -0.2) is 9.37 Å². The van der Waals surface area contributed by atoms with Crippen molar-refractivity contribution in [3.05, 3.63) is 23.6 Å². The molecule has 0 aliphatic carbocycles. The van der Waals surface area contributed by atoms with Crippen LogP contribution in [0.15, 0.2) is 12.3 Å². The zero-order chi connectivity index (χ0) is 11.6. The number of aliphatic hydroxyl groups is 2. The van der Waals surface area contributed by atoms with Gasteiger partial charge in [0.15, 0.2) is 17.7 Å². The number of primary amides is 1. The van der Waals surface area contributed by atoms with Crippen molar-refractivity contribution in [2.45, 2.75) is 12.2 Å². The Labute approximate surface area is 84.3 Å². The summed E-state index contributed by atoms with van der Waals surface area (Å²) in [6.45, 7) is 0. The molecule has 1 rings (SSSR count). The highest BCUT2D eigenvalue weighted by atomic mass is 19.1. The third kappa shape index (κ3) is 2.39. The van der Waals surface area contributed by atoms with Crippen LogP contribution < -0.4 is 11.5 Å². The number of hydrogen-bond acceptors (Lipinski definition) is 5. The molecule has 0 fully saturated rings. The molecule has 1 heterocycles. The van der Waals surface area contributed by atoms with Crippen LogP contribution in [-0.2, 0) is 4.79 Å². The minimum Gasteiger partial charge on any atom is -0.385 e. The van der Waals surface area contributed by atoms with Crippen LogP contribution in [0.1, 0.15) is 11.7 Å². The van der Waals surface area contributed by atoms with Crippen molar-refractivity contribution in [3.8, 4) is 0 Å².